The number of hydrogen-bond acceptors (Lipinski definition) is 4. The Labute approximate surface area is 98.7 Å². The van der Waals surface area contributed by atoms with Crippen LogP contribution in [0, 0.1) is 5.92 Å². The number of ether oxygens (including phenoxy) is 1. The Morgan fingerprint density at radius 3 is 2.38 bits per heavy atom. The summed E-state index contributed by atoms with van der Waals surface area (Å²) in [6, 6.07) is 0.933. The first-order valence-corrected chi connectivity index (χ1v) is 6.46. The zero-order chi connectivity index (χ0) is 11.5. The van der Waals surface area contributed by atoms with Crippen molar-refractivity contribution in [2.45, 2.75) is 25.9 Å². The lowest BCUT2D eigenvalue weighted by molar-refractivity contribution is 0.0918. The topological polar surface area (TPSA) is 41.7 Å². The highest BCUT2D eigenvalue weighted by Gasteiger charge is 2.28. The molecule has 2 heterocycles. The van der Waals surface area contributed by atoms with Crippen LogP contribution in [0.15, 0.2) is 0 Å². The molecule has 94 valence electrons. The highest BCUT2D eigenvalue weighted by atomic mass is 16.5. The van der Waals surface area contributed by atoms with Crippen molar-refractivity contribution in [2.24, 2.45) is 11.7 Å². The van der Waals surface area contributed by atoms with Crippen LogP contribution in [0.3, 0.4) is 0 Å². The summed E-state index contributed by atoms with van der Waals surface area (Å²) in [5, 5.41) is 0. The van der Waals surface area contributed by atoms with E-state index in [4.69, 9.17) is 10.5 Å². The van der Waals surface area contributed by atoms with Gasteiger partial charge in [0.15, 0.2) is 0 Å². The second kappa shape index (κ2) is 5.45. The fourth-order valence-corrected chi connectivity index (χ4v) is 2.60. The smallest absolute Gasteiger partial charge is 0.0621 e. The van der Waals surface area contributed by atoms with Gasteiger partial charge >= 0.3 is 0 Å². The summed E-state index contributed by atoms with van der Waals surface area (Å²) < 4.78 is 5.41. The molecule has 4 nitrogen and oxygen atoms in total. The predicted octanol–water partition coefficient (Wildman–Crippen LogP) is -0.0139. The summed E-state index contributed by atoms with van der Waals surface area (Å²) in [7, 11) is 0. The van der Waals surface area contributed by atoms with Crippen LogP contribution < -0.4 is 5.73 Å². The summed E-state index contributed by atoms with van der Waals surface area (Å²) in [5.74, 6) is 0.547. The molecule has 0 saturated carbocycles. The lowest BCUT2D eigenvalue weighted by Gasteiger charge is -2.38. The minimum Gasteiger partial charge on any atom is -0.379 e. The maximum absolute atomic E-state index is 6.01. The van der Waals surface area contributed by atoms with E-state index < -0.39 is 0 Å². The van der Waals surface area contributed by atoms with E-state index in [-0.39, 0.29) is 6.04 Å². The Balaban J connectivity index is 1.72. The van der Waals surface area contributed by atoms with E-state index in [1.54, 1.807) is 0 Å². The summed E-state index contributed by atoms with van der Waals surface area (Å²) in [6.45, 7) is 12.0. The van der Waals surface area contributed by atoms with Crippen molar-refractivity contribution >= 4 is 0 Å². The van der Waals surface area contributed by atoms with Crippen LogP contribution in [0.4, 0.5) is 0 Å². The number of piperazine rings is 1. The molecule has 2 aliphatic heterocycles. The quantitative estimate of drug-likeness (QED) is 0.736. The number of rotatable bonds is 3. The standard InChI is InChI=1S/C12H25N3O/c1-10(2)15-5-3-14(4-6-15)7-11-8-16-9-12(11)13/h10-12H,3-9,13H2,1-2H3. The van der Waals surface area contributed by atoms with Gasteiger partial charge in [-0.05, 0) is 13.8 Å². The van der Waals surface area contributed by atoms with Gasteiger partial charge in [0.25, 0.3) is 0 Å². The van der Waals surface area contributed by atoms with E-state index in [1.165, 1.54) is 26.2 Å². The predicted molar refractivity (Wildman–Crippen MR) is 65.4 cm³/mol. The van der Waals surface area contributed by atoms with Crippen molar-refractivity contribution in [3.63, 3.8) is 0 Å². The Hall–Kier alpha value is -0.160. The fourth-order valence-electron chi connectivity index (χ4n) is 2.60. The zero-order valence-corrected chi connectivity index (χ0v) is 10.6. The van der Waals surface area contributed by atoms with Crippen LogP contribution >= 0.6 is 0 Å². The van der Waals surface area contributed by atoms with Crippen molar-refractivity contribution < 1.29 is 4.74 Å². The fraction of sp³-hybridized carbons (Fsp3) is 1.00. The molecular formula is C12H25N3O. The largest absolute Gasteiger partial charge is 0.379 e. The average molecular weight is 227 g/mol. The molecule has 2 rings (SSSR count). The number of nitrogens with two attached hydrogens (primary N) is 1. The van der Waals surface area contributed by atoms with E-state index in [0.717, 1.165) is 19.8 Å². The van der Waals surface area contributed by atoms with Crippen molar-refractivity contribution in [3.8, 4) is 0 Å². The van der Waals surface area contributed by atoms with Gasteiger partial charge in [-0.15, -0.1) is 0 Å². The molecule has 16 heavy (non-hydrogen) atoms. The van der Waals surface area contributed by atoms with Crippen LogP contribution in [0.1, 0.15) is 13.8 Å². The summed E-state index contributed by atoms with van der Waals surface area (Å²) in [5.41, 5.74) is 6.01. The molecule has 0 bridgehead atoms. The molecule has 0 aromatic heterocycles. The van der Waals surface area contributed by atoms with E-state index in [0.29, 0.717) is 12.0 Å². The molecule has 2 unspecified atom stereocenters. The van der Waals surface area contributed by atoms with Crippen LogP contribution in [-0.2, 0) is 4.74 Å². The Morgan fingerprint density at radius 1 is 1.19 bits per heavy atom. The second-order valence-electron chi connectivity index (χ2n) is 5.39. The summed E-state index contributed by atoms with van der Waals surface area (Å²) in [4.78, 5) is 5.08. The molecule has 2 atom stereocenters. The third-order valence-electron chi connectivity index (χ3n) is 3.88. The monoisotopic (exact) mass is 227 g/mol. The molecule has 0 aliphatic carbocycles. The maximum atomic E-state index is 6.01. The Bertz CT molecular complexity index is 214. The van der Waals surface area contributed by atoms with E-state index in [1.807, 2.05) is 0 Å². The van der Waals surface area contributed by atoms with Crippen LogP contribution in [-0.4, -0.2) is 67.8 Å². The second-order valence-corrected chi connectivity index (χ2v) is 5.39. The summed E-state index contributed by atoms with van der Waals surface area (Å²) in [6.07, 6.45) is 0. The molecule has 2 N–H and O–H groups in total. The minimum absolute atomic E-state index is 0.253. The first-order chi connectivity index (χ1) is 7.66. The maximum Gasteiger partial charge on any atom is 0.0621 e. The van der Waals surface area contributed by atoms with Crippen molar-refractivity contribution in [2.75, 3.05) is 45.9 Å². The molecule has 4 heteroatoms. The average Bonchev–Trinajstić information content (AvgIpc) is 2.65. The van der Waals surface area contributed by atoms with Gasteiger partial charge in [0, 0.05) is 50.7 Å². The molecule has 2 aliphatic rings. The molecule has 2 saturated heterocycles. The first-order valence-electron chi connectivity index (χ1n) is 6.46. The van der Waals surface area contributed by atoms with Crippen molar-refractivity contribution in [1.29, 1.82) is 0 Å². The molecule has 2 fully saturated rings. The SMILES string of the molecule is CC(C)N1CCN(CC2COCC2N)CC1. The van der Waals surface area contributed by atoms with E-state index >= 15 is 0 Å². The Morgan fingerprint density at radius 2 is 1.88 bits per heavy atom. The van der Waals surface area contributed by atoms with Crippen LogP contribution in [0.2, 0.25) is 0 Å². The lowest BCUT2D eigenvalue weighted by atomic mass is 10.0. The van der Waals surface area contributed by atoms with Crippen molar-refractivity contribution in [3.05, 3.63) is 0 Å². The normalized spacial score (nSPS) is 33.8. The van der Waals surface area contributed by atoms with Gasteiger partial charge in [-0.2, -0.15) is 0 Å². The van der Waals surface area contributed by atoms with Gasteiger partial charge in [0.05, 0.1) is 13.2 Å². The van der Waals surface area contributed by atoms with Gasteiger partial charge in [-0.3, -0.25) is 4.90 Å². The molecule has 0 aromatic carbocycles. The minimum atomic E-state index is 0.253. The first kappa shape index (κ1) is 12.3. The molecular weight excluding hydrogens is 202 g/mol. The third-order valence-corrected chi connectivity index (χ3v) is 3.88. The zero-order valence-electron chi connectivity index (χ0n) is 10.6. The molecule has 0 aromatic rings. The van der Waals surface area contributed by atoms with Gasteiger partial charge in [0.2, 0.25) is 0 Å². The van der Waals surface area contributed by atoms with E-state index in [9.17, 15) is 0 Å². The number of nitrogens with zero attached hydrogens (tertiary/aromatic N) is 2. The van der Waals surface area contributed by atoms with Gasteiger partial charge in [0.1, 0.15) is 0 Å². The molecule has 0 radical (unpaired) electrons. The van der Waals surface area contributed by atoms with Crippen LogP contribution in [0.25, 0.3) is 0 Å². The third kappa shape index (κ3) is 2.94. The Kier molecular flexibility index (Phi) is 4.19. The highest BCUT2D eigenvalue weighted by Crippen LogP contribution is 2.15. The van der Waals surface area contributed by atoms with Gasteiger partial charge in [-0.25, -0.2) is 0 Å². The van der Waals surface area contributed by atoms with Crippen molar-refractivity contribution in [1.82, 2.24) is 9.80 Å². The number of hydrogen-bond donors (Lipinski definition) is 1. The van der Waals surface area contributed by atoms with E-state index in [2.05, 4.69) is 23.6 Å². The van der Waals surface area contributed by atoms with Gasteiger partial charge in [-0.1, -0.05) is 0 Å². The highest BCUT2D eigenvalue weighted by molar-refractivity contribution is 4.83. The molecule has 0 spiro atoms. The van der Waals surface area contributed by atoms with Gasteiger partial charge < -0.3 is 15.4 Å². The summed E-state index contributed by atoms with van der Waals surface area (Å²) >= 11 is 0. The lowest BCUT2D eigenvalue weighted by Crippen LogP contribution is -2.51. The van der Waals surface area contributed by atoms with Crippen LogP contribution in [0.5, 0.6) is 0 Å². The molecule has 0 amide bonds.